The van der Waals surface area contributed by atoms with Gasteiger partial charge in [-0.1, -0.05) is 54.6 Å². The number of aromatic nitrogens is 2. The lowest BCUT2D eigenvalue weighted by atomic mass is 10.0. The van der Waals surface area contributed by atoms with Gasteiger partial charge in [0.15, 0.2) is 0 Å². The minimum Gasteiger partial charge on any atom is -1.00 e. The van der Waals surface area contributed by atoms with Gasteiger partial charge in [0.05, 0.1) is 29.9 Å². The highest BCUT2D eigenvalue weighted by Crippen LogP contribution is 2.45. The molecule has 0 saturated carbocycles. The van der Waals surface area contributed by atoms with Crippen LogP contribution in [-0.4, -0.2) is 15.6 Å². The van der Waals surface area contributed by atoms with Gasteiger partial charge in [-0.3, -0.25) is 9.97 Å². The van der Waals surface area contributed by atoms with Gasteiger partial charge in [-0.25, -0.2) is 0 Å². The summed E-state index contributed by atoms with van der Waals surface area (Å²) in [4.78, 5) is 9.09. The molecule has 1 aliphatic rings. The first kappa shape index (κ1) is 24.0. The Morgan fingerprint density at radius 2 is 1.35 bits per heavy atom. The Morgan fingerprint density at radius 3 is 2.00 bits per heavy atom. The number of allylic oxidation sites excluding steroid dienone is 5. The van der Waals surface area contributed by atoms with Crippen molar-refractivity contribution in [1.29, 1.82) is 0 Å². The molecule has 0 saturated heterocycles. The molecular formula is C30H26BrN2P. The number of aryl methyl sites for hydroxylation is 1. The summed E-state index contributed by atoms with van der Waals surface area (Å²) in [5, 5.41) is 2.84. The molecule has 0 spiro atoms. The summed E-state index contributed by atoms with van der Waals surface area (Å²) in [5.41, 5.74) is 5.79. The molecule has 0 N–H and O–H groups in total. The molecule has 168 valence electrons. The molecule has 0 bridgehead atoms. The number of nitrogens with zero attached hydrogens (tertiary/aromatic N) is 2. The Hall–Kier alpha value is -3.13. The van der Waals surface area contributed by atoms with Crippen molar-refractivity contribution in [2.75, 3.05) is 0 Å². The van der Waals surface area contributed by atoms with Gasteiger partial charge in [-0.05, 0) is 84.3 Å². The van der Waals surface area contributed by atoms with Gasteiger partial charge >= 0.3 is 0 Å². The summed E-state index contributed by atoms with van der Waals surface area (Å²) in [6.45, 7) is 2.08. The van der Waals surface area contributed by atoms with Gasteiger partial charge in [0, 0.05) is 12.4 Å². The Balaban J connectivity index is 0.00000274. The molecule has 2 aromatic heterocycles. The van der Waals surface area contributed by atoms with Gasteiger partial charge in [0.2, 0.25) is 0 Å². The van der Waals surface area contributed by atoms with Crippen molar-refractivity contribution in [2.24, 2.45) is 0 Å². The van der Waals surface area contributed by atoms with E-state index in [0.29, 0.717) is 5.66 Å². The molecule has 0 aliphatic heterocycles. The Kier molecular flexibility index (Phi) is 8.00. The van der Waals surface area contributed by atoms with Gasteiger partial charge in [-0.15, -0.1) is 0 Å². The van der Waals surface area contributed by atoms with Gasteiger partial charge in [0.1, 0.15) is 5.66 Å². The van der Waals surface area contributed by atoms with Crippen molar-refractivity contribution in [2.45, 2.75) is 12.6 Å². The highest BCUT2D eigenvalue weighted by atomic mass is 79.9. The second kappa shape index (κ2) is 11.3. The first-order valence-corrected chi connectivity index (χ1v) is 12.8. The second-order valence-electron chi connectivity index (χ2n) is 8.20. The van der Waals surface area contributed by atoms with Gasteiger partial charge < -0.3 is 17.0 Å². The van der Waals surface area contributed by atoms with Crippen molar-refractivity contribution in [1.82, 2.24) is 9.97 Å². The lowest BCUT2D eigenvalue weighted by molar-refractivity contribution is -0.00000646. The lowest BCUT2D eigenvalue weighted by Gasteiger charge is -2.22. The molecule has 2 aromatic carbocycles. The first-order chi connectivity index (χ1) is 16.3. The van der Waals surface area contributed by atoms with E-state index in [1.54, 1.807) is 0 Å². The van der Waals surface area contributed by atoms with E-state index in [1.807, 2.05) is 18.5 Å². The van der Waals surface area contributed by atoms with Crippen LogP contribution in [0.25, 0.3) is 17.5 Å². The smallest absolute Gasteiger partial charge is 0.120 e. The van der Waals surface area contributed by atoms with E-state index >= 15 is 0 Å². The van der Waals surface area contributed by atoms with Crippen LogP contribution in [-0.2, 0) is 0 Å². The third kappa shape index (κ3) is 5.50. The molecule has 0 radical (unpaired) electrons. The van der Waals surface area contributed by atoms with E-state index in [2.05, 4.69) is 126 Å². The van der Waals surface area contributed by atoms with Crippen molar-refractivity contribution >= 4 is 24.6 Å². The molecule has 1 atom stereocenters. The van der Waals surface area contributed by atoms with Crippen LogP contribution in [0.15, 0.2) is 127 Å². The third-order valence-corrected chi connectivity index (χ3v) is 8.90. The molecule has 2 nitrogen and oxygen atoms in total. The fraction of sp³-hybridized carbons (Fsp3) is 0.0667. The number of benzene rings is 2. The van der Waals surface area contributed by atoms with Crippen LogP contribution in [0.5, 0.6) is 0 Å². The predicted octanol–water partition coefficient (Wildman–Crippen LogP) is 3.20. The maximum absolute atomic E-state index is 4.58. The molecular weight excluding hydrogens is 499 g/mol. The average molecular weight is 525 g/mol. The zero-order valence-corrected chi connectivity index (χ0v) is 21.6. The minimum atomic E-state index is -1.07. The Bertz CT molecular complexity index is 1290. The van der Waals surface area contributed by atoms with E-state index in [4.69, 9.17) is 0 Å². The monoisotopic (exact) mass is 524 g/mol. The lowest BCUT2D eigenvalue weighted by Crippen LogP contribution is -3.00. The van der Waals surface area contributed by atoms with Crippen LogP contribution in [0, 0.1) is 6.92 Å². The third-order valence-electron chi connectivity index (χ3n) is 5.84. The van der Waals surface area contributed by atoms with Crippen LogP contribution in [0.1, 0.15) is 11.1 Å². The molecule has 0 amide bonds. The summed E-state index contributed by atoms with van der Waals surface area (Å²) in [5.74, 6) is 0. The van der Waals surface area contributed by atoms with Crippen molar-refractivity contribution in [3.63, 3.8) is 0 Å². The fourth-order valence-corrected chi connectivity index (χ4v) is 7.24. The van der Waals surface area contributed by atoms with Crippen LogP contribution in [0.4, 0.5) is 0 Å². The van der Waals surface area contributed by atoms with Gasteiger partial charge in [-0.2, -0.15) is 0 Å². The molecule has 4 heteroatoms. The normalized spacial score (nSPS) is 15.9. The maximum Gasteiger partial charge on any atom is 0.120 e. The second-order valence-corrected chi connectivity index (χ2v) is 10.8. The van der Waals surface area contributed by atoms with Crippen molar-refractivity contribution in [3.8, 4) is 11.4 Å². The zero-order chi connectivity index (χ0) is 22.5. The van der Waals surface area contributed by atoms with Crippen LogP contribution in [0.3, 0.4) is 0 Å². The highest BCUT2D eigenvalue weighted by Gasteiger charge is 2.33. The zero-order valence-electron chi connectivity index (χ0n) is 19.0. The number of hydrogen-bond donors (Lipinski definition) is 0. The average Bonchev–Trinajstić information content (AvgIpc) is 2.87. The predicted molar refractivity (Wildman–Crippen MR) is 143 cm³/mol. The number of pyridine rings is 2. The van der Waals surface area contributed by atoms with Crippen molar-refractivity contribution < 1.29 is 17.0 Å². The standard InChI is InChI=1S/C30H25N2P.BrH/c1-23-16-18-31-28(20-23)29-22-24(17-19-32-29)21-25-10-8-9-15-30(25)33(26-11-4-2-5-12-26)27-13-6-3-7-14-27;/h2-22,30H,1H3;1H. The fourth-order valence-electron chi connectivity index (χ4n) is 4.26. The van der Waals surface area contributed by atoms with Gasteiger partial charge in [0.25, 0.3) is 0 Å². The Labute approximate surface area is 213 Å². The summed E-state index contributed by atoms with van der Waals surface area (Å²) >= 11 is 0. The minimum absolute atomic E-state index is 0. The molecule has 1 aliphatic carbocycles. The molecule has 34 heavy (non-hydrogen) atoms. The molecule has 0 fully saturated rings. The highest BCUT2D eigenvalue weighted by molar-refractivity contribution is 7.74. The summed E-state index contributed by atoms with van der Waals surface area (Å²) in [7, 11) is -1.07. The topological polar surface area (TPSA) is 25.8 Å². The van der Waals surface area contributed by atoms with Crippen LogP contribution >= 0.6 is 7.92 Å². The number of hydrogen-bond acceptors (Lipinski definition) is 2. The summed E-state index contributed by atoms with van der Waals surface area (Å²) < 4.78 is 0. The maximum atomic E-state index is 4.58. The quantitative estimate of drug-likeness (QED) is 0.375. The molecule has 4 aromatic rings. The van der Waals surface area contributed by atoms with E-state index in [-0.39, 0.29) is 17.0 Å². The van der Waals surface area contributed by atoms with Crippen molar-refractivity contribution in [3.05, 3.63) is 138 Å². The van der Waals surface area contributed by atoms with Crippen LogP contribution in [0.2, 0.25) is 0 Å². The number of halogens is 1. The SMILES string of the molecule is Cc1ccnc(-c2cc(C=C3C=CC=CC3[PH+](c3ccccc3)c3ccccc3)ccn2)c1.[Br-]. The number of rotatable bonds is 5. The summed E-state index contributed by atoms with van der Waals surface area (Å²) in [6.07, 6.45) is 15.0. The molecule has 1 unspecified atom stereocenters. The van der Waals surface area contributed by atoms with E-state index < -0.39 is 7.92 Å². The Morgan fingerprint density at radius 1 is 0.735 bits per heavy atom. The van der Waals surface area contributed by atoms with Crippen LogP contribution < -0.4 is 27.6 Å². The molecule has 5 rings (SSSR count). The molecule has 2 heterocycles. The largest absolute Gasteiger partial charge is 1.00 e. The first-order valence-electron chi connectivity index (χ1n) is 11.2. The summed E-state index contributed by atoms with van der Waals surface area (Å²) in [6, 6.07) is 30.2. The van der Waals surface area contributed by atoms with E-state index in [9.17, 15) is 0 Å². The van der Waals surface area contributed by atoms with E-state index in [0.717, 1.165) is 17.0 Å². The van der Waals surface area contributed by atoms with E-state index in [1.165, 1.54) is 21.7 Å².